The van der Waals surface area contributed by atoms with Crippen molar-refractivity contribution in [2.24, 2.45) is 5.73 Å². The Morgan fingerprint density at radius 3 is 3.00 bits per heavy atom. The van der Waals surface area contributed by atoms with Crippen LogP contribution in [0.15, 0.2) is 0 Å². The second-order valence-corrected chi connectivity index (χ2v) is 4.11. The molecule has 1 rings (SSSR count). The van der Waals surface area contributed by atoms with Gasteiger partial charge in [-0.3, -0.25) is 0 Å². The summed E-state index contributed by atoms with van der Waals surface area (Å²) in [7, 11) is 1.77. The van der Waals surface area contributed by atoms with Crippen LogP contribution in [0.4, 0.5) is 0 Å². The molecule has 84 valence electrons. The number of nitrogens with two attached hydrogens (primary N) is 1. The number of ether oxygens (including phenoxy) is 1. The molecule has 1 aliphatic rings. The normalized spacial score (nSPS) is 23.1. The third-order valence-electron chi connectivity index (χ3n) is 3.03. The van der Waals surface area contributed by atoms with Gasteiger partial charge in [-0.2, -0.15) is 0 Å². The topological polar surface area (TPSA) is 38.5 Å². The predicted octanol–water partition coefficient (Wildman–Crippen LogP) is 1.23. The highest BCUT2D eigenvalue weighted by Crippen LogP contribution is 2.20. The van der Waals surface area contributed by atoms with E-state index in [1.807, 2.05) is 0 Å². The molecular formula is C11H24N2O. The molecule has 0 aromatic heterocycles. The van der Waals surface area contributed by atoms with Crippen LogP contribution in [0.2, 0.25) is 0 Å². The summed E-state index contributed by atoms with van der Waals surface area (Å²) in [6.45, 7) is 4.20. The SMILES string of the molecule is COCCCN1CCCC1CCCN. The first-order valence-electron chi connectivity index (χ1n) is 5.81. The van der Waals surface area contributed by atoms with Gasteiger partial charge in [0.05, 0.1) is 0 Å². The van der Waals surface area contributed by atoms with Crippen LogP contribution in [-0.2, 0) is 4.74 Å². The van der Waals surface area contributed by atoms with Gasteiger partial charge in [0.25, 0.3) is 0 Å². The van der Waals surface area contributed by atoms with Crippen LogP contribution < -0.4 is 5.73 Å². The van der Waals surface area contributed by atoms with E-state index >= 15 is 0 Å². The smallest absolute Gasteiger partial charge is 0.0474 e. The zero-order valence-electron chi connectivity index (χ0n) is 9.37. The number of hydrogen-bond acceptors (Lipinski definition) is 3. The van der Waals surface area contributed by atoms with Crippen molar-refractivity contribution in [3.63, 3.8) is 0 Å². The fourth-order valence-corrected chi connectivity index (χ4v) is 2.28. The molecule has 0 amide bonds. The van der Waals surface area contributed by atoms with Crippen LogP contribution in [0.5, 0.6) is 0 Å². The molecule has 0 aliphatic carbocycles. The minimum atomic E-state index is 0.801. The zero-order valence-corrected chi connectivity index (χ0v) is 9.37. The molecule has 0 bridgehead atoms. The summed E-state index contributed by atoms with van der Waals surface area (Å²) in [5, 5.41) is 0. The van der Waals surface area contributed by atoms with E-state index in [2.05, 4.69) is 4.90 Å². The fourth-order valence-electron chi connectivity index (χ4n) is 2.28. The average Bonchev–Trinajstić information content (AvgIpc) is 2.63. The monoisotopic (exact) mass is 200 g/mol. The highest BCUT2D eigenvalue weighted by Gasteiger charge is 2.22. The third-order valence-corrected chi connectivity index (χ3v) is 3.03. The molecule has 0 aromatic carbocycles. The molecule has 2 N–H and O–H groups in total. The highest BCUT2D eigenvalue weighted by molar-refractivity contribution is 4.78. The summed E-state index contributed by atoms with van der Waals surface area (Å²) in [5.41, 5.74) is 5.54. The molecule has 3 nitrogen and oxygen atoms in total. The Morgan fingerprint density at radius 2 is 2.29 bits per heavy atom. The molecule has 1 aliphatic heterocycles. The van der Waals surface area contributed by atoms with E-state index in [-0.39, 0.29) is 0 Å². The largest absolute Gasteiger partial charge is 0.385 e. The van der Waals surface area contributed by atoms with Crippen molar-refractivity contribution >= 4 is 0 Å². The van der Waals surface area contributed by atoms with Crippen LogP contribution in [0.25, 0.3) is 0 Å². The van der Waals surface area contributed by atoms with Gasteiger partial charge in [-0.1, -0.05) is 0 Å². The van der Waals surface area contributed by atoms with Gasteiger partial charge in [0.1, 0.15) is 0 Å². The quantitative estimate of drug-likeness (QED) is 0.628. The molecule has 1 unspecified atom stereocenters. The average molecular weight is 200 g/mol. The maximum absolute atomic E-state index is 5.54. The van der Waals surface area contributed by atoms with Crippen molar-refractivity contribution < 1.29 is 4.74 Å². The van der Waals surface area contributed by atoms with Crippen molar-refractivity contribution in [2.45, 2.75) is 38.1 Å². The van der Waals surface area contributed by atoms with Gasteiger partial charge in [0.2, 0.25) is 0 Å². The van der Waals surface area contributed by atoms with Gasteiger partial charge in [-0.05, 0) is 45.2 Å². The van der Waals surface area contributed by atoms with E-state index in [1.54, 1.807) is 7.11 Å². The number of methoxy groups -OCH3 is 1. The lowest BCUT2D eigenvalue weighted by atomic mass is 10.1. The number of likely N-dealkylation sites (tertiary alicyclic amines) is 1. The summed E-state index contributed by atoms with van der Waals surface area (Å²) in [6.07, 6.45) is 6.35. The van der Waals surface area contributed by atoms with Crippen LogP contribution in [0.1, 0.15) is 32.1 Å². The lowest BCUT2D eigenvalue weighted by Crippen LogP contribution is -2.31. The Labute approximate surface area is 87.6 Å². The first kappa shape index (κ1) is 12.0. The summed E-state index contributed by atoms with van der Waals surface area (Å²) >= 11 is 0. The third kappa shape index (κ3) is 3.95. The molecule has 0 saturated carbocycles. The summed E-state index contributed by atoms with van der Waals surface area (Å²) in [5.74, 6) is 0. The molecule has 14 heavy (non-hydrogen) atoms. The first-order valence-corrected chi connectivity index (χ1v) is 5.81. The molecule has 1 saturated heterocycles. The van der Waals surface area contributed by atoms with Crippen LogP contribution >= 0.6 is 0 Å². The van der Waals surface area contributed by atoms with E-state index in [9.17, 15) is 0 Å². The van der Waals surface area contributed by atoms with Gasteiger partial charge in [0.15, 0.2) is 0 Å². The predicted molar refractivity (Wildman–Crippen MR) is 59.4 cm³/mol. The molecule has 1 atom stereocenters. The molecule has 1 heterocycles. The van der Waals surface area contributed by atoms with Crippen LogP contribution in [0.3, 0.4) is 0 Å². The zero-order chi connectivity index (χ0) is 10.2. The van der Waals surface area contributed by atoms with Gasteiger partial charge >= 0.3 is 0 Å². The summed E-state index contributed by atoms with van der Waals surface area (Å²) in [4.78, 5) is 2.61. The lowest BCUT2D eigenvalue weighted by molar-refractivity contribution is 0.164. The maximum atomic E-state index is 5.54. The van der Waals surface area contributed by atoms with E-state index in [4.69, 9.17) is 10.5 Å². The molecule has 3 heteroatoms. The summed E-state index contributed by atoms with van der Waals surface area (Å²) < 4.78 is 5.07. The molecule has 0 spiro atoms. The number of hydrogen-bond donors (Lipinski definition) is 1. The number of rotatable bonds is 7. The Balaban J connectivity index is 2.14. The van der Waals surface area contributed by atoms with Crippen molar-refractivity contribution in [3.8, 4) is 0 Å². The highest BCUT2D eigenvalue weighted by atomic mass is 16.5. The maximum Gasteiger partial charge on any atom is 0.0474 e. The Morgan fingerprint density at radius 1 is 1.43 bits per heavy atom. The summed E-state index contributed by atoms with van der Waals surface area (Å²) in [6, 6.07) is 0.801. The van der Waals surface area contributed by atoms with E-state index in [0.29, 0.717) is 0 Å². The molecular weight excluding hydrogens is 176 g/mol. The van der Waals surface area contributed by atoms with Gasteiger partial charge in [-0.25, -0.2) is 0 Å². The Bertz CT molecular complexity index is 141. The van der Waals surface area contributed by atoms with E-state index in [1.165, 1.54) is 38.8 Å². The Kier molecular flexibility index (Phi) is 6.15. The van der Waals surface area contributed by atoms with Gasteiger partial charge < -0.3 is 15.4 Å². The molecule has 0 aromatic rings. The second-order valence-electron chi connectivity index (χ2n) is 4.11. The number of nitrogens with zero attached hydrogens (tertiary/aromatic N) is 1. The molecule has 0 radical (unpaired) electrons. The minimum Gasteiger partial charge on any atom is -0.385 e. The van der Waals surface area contributed by atoms with E-state index < -0.39 is 0 Å². The van der Waals surface area contributed by atoms with Crippen LogP contribution in [-0.4, -0.2) is 44.3 Å². The Hall–Kier alpha value is -0.120. The van der Waals surface area contributed by atoms with Gasteiger partial charge in [-0.15, -0.1) is 0 Å². The van der Waals surface area contributed by atoms with E-state index in [0.717, 1.165) is 25.6 Å². The van der Waals surface area contributed by atoms with Crippen molar-refractivity contribution in [1.82, 2.24) is 4.90 Å². The van der Waals surface area contributed by atoms with Crippen molar-refractivity contribution in [2.75, 3.05) is 33.4 Å². The van der Waals surface area contributed by atoms with Gasteiger partial charge in [0, 0.05) is 26.3 Å². The van der Waals surface area contributed by atoms with Crippen LogP contribution in [0, 0.1) is 0 Å². The fraction of sp³-hybridized carbons (Fsp3) is 1.00. The first-order chi connectivity index (χ1) is 6.88. The van der Waals surface area contributed by atoms with Crippen molar-refractivity contribution in [1.29, 1.82) is 0 Å². The second kappa shape index (κ2) is 7.21. The lowest BCUT2D eigenvalue weighted by Gasteiger charge is -2.24. The molecule has 1 fully saturated rings. The standard InChI is InChI=1S/C11H24N2O/c1-14-10-4-9-13-8-3-6-11(13)5-2-7-12/h11H,2-10,12H2,1H3. The van der Waals surface area contributed by atoms with Crippen molar-refractivity contribution in [3.05, 3.63) is 0 Å². The minimum absolute atomic E-state index is 0.801.